The molecule has 0 unspecified atom stereocenters. The highest BCUT2D eigenvalue weighted by Crippen LogP contribution is 2.24. The zero-order valence-electron chi connectivity index (χ0n) is 14.1. The monoisotopic (exact) mass is 349 g/mol. The number of hydrogen-bond donors (Lipinski definition) is 2. The van der Waals surface area contributed by atoms with Gasteiger partial charge in [-0.1, -0.05) is 32.9 Å². The molecule has 0 bridgehead atoms. The third-order valence-electron chi connectivity index (χ3n) is 3.46. The highest BCUT2D eigenvalue weighted by Gasteiger charge is 2.12. The fourth-order valence-electron chi connectivity index (χ4n) is 2.05. The molecule has 0 saturated carbocycles. The van der Waals surface area contributed by atoms with Crippen molar-refractivity contribution >= 4 is 15.8 Å². The van der Waals surface area contributed by atoms with Gasteiger partial charge in [-0.05, 0) is 35.2 Å². The van der Waals surface area contributed by atoms with Crippen molar-refractivity contribution in [3.8, 4) is 5.75 Å². The first-order valence-electron chi connectivity index (χ1n) is 7.62. The number of pyridine rings is 1. The molecular weight excluding hydrogens is 326 g/mol. The SMILES string of the molecule is CC(C)(C)c1ccc(OCCNc2ccc(S(N)(=O)=O)cn2)cc1. The number of nitrogens with one attached hydrogen (secondary N) is 1. The smallest absolute Gasteiger partial charge is 0.239 e. The van der Waals surface area contributed by atoms with Crippen molar-refractivity contribution < 1.29 is 13.2 Å². The van der Waals surface area contributed by atoms with E-state index in [1.165, 1.54) is 17.8 Å². The number of nitrogens with two attached hydrogens (primary N) is 1. The highest BCUT2D eigenvalue weighted by molar-refractivity contribution is 7.89. The standard InChI is InChI=1S/C17H23N3O3S/c1-17(2,3)13-4-6-14(7-5-13)23-11-10-19-16-9-8-15(12-20-16)24(18,21)22/h4-9,12H,10-11H2,1-3H3,(H,19,20)(H2,18,21,22). The molecule has 1 aromatic heterocycles. The zero-order chi connectivity index (χ0) is 17.8. The molecule has 1 heterocycles. The van der Waals surface area contributed by atoms with Gasteiger partial charge in [0.15, 0.2) is 0 Å². The van der Waals surface area contributed by atoms with Crippen molar-refractivity contribution in [1.29, 1.82) is 0 Å². The number of nitrogens with zero attached hydrogens (tertiary/aromatic N) is 1. The van der Waals surface area contributed by atoms with Gasteiger partial charge in [0.05, 0.1) is 6.54 Å². The number of hydrogen-bond acceptors (Lipinski definition) is 5. The third-order valence-corrected chi connectivity index (χ3v) is 4.36. The molecular formula is C17H23N3O3S. The summed E-state index contributed by atoms with van der Waals surface area (Å²) < 4.78 is 28.0. The Hall–Kier alpha value is -2.12. The van der Waals surface area contributed by atoms with Gasteiger partial charge >= 0.3 is 0 Å². The summed E-state index contributed by atoms with van der Waals surface area (Å²) in [6.45, 7) is 7.51. The van der Waals surface area contributed by atoms with Crippen LogP contribution in [0.2, 0.25) is 0 Å². The summed E-state index contributed by atoms with van der Waals surface area (Å²) in [4.78, 5) is 3.99. The summed E-state index contributed by atoms with van der Waals surface area (Å²) in [7, 11) is -3.71. The first-order valence-corrected chi connectivity index (χ1v) is 9.17. The fraction of sp³-hybridized carbons (Fsp3) is 0.353. The van der Waals surface area contributed by atoms with Crippen molar-refractivity contribution in [1.82, 2.24) is 4.98 Å². The predicted molar refractivity (Wildman–Crippen MR) is 94.7 cm³/mol. The van der Waals surface area contributed by atoms with E-state index in [-0.39, 0.29) is 10.3 Å². The predicted octanol–water partition coefficient (Wildman–Crippen LogP) is 2.52. The molecule has 1 aromatic carbocycles. The van der Waals surface area contributed by atoms with Gasteiger partial charge in [-0.15, -0.1) is 0 Å². The average molecular weight is 349 g/mol. The van der Waals surface area contributed by atoms with E-state index in [1.54, 1.807) is 6.07 Å². The number of ether oxygens (including phenoxy) is 1. The van der Waals surface area contributed by atoms with E-state index in [9.17, 15) is 8.42 Å². The average Bonchev–Trinajstić information content (AvgIpc) is 2.51. The molecule has 0 amide bonds. The van der Waals surface area contributed by atoms with E-state index in [2.05, 4.69) is 43.2 Å². The van der Waals surface area contributed by atoms with Crippen molar-refractivity contribution in [2.24, 2.45) is 5.14 Å². The lowest BCUT2D eigenvalue weighted by Gasteiger charge is -2.19. The Morgan fingerprint density at radius 3 is 2.29 bits per heavy atom. The van der Waals surface area contributed by atoms with Gasteiger partial charge in [0.25, 0.3) is 0 Å². The van der Waals surface area contributed by atoms with Gasteiger partial charge in [-0.25, -0.2) is 18.5 Å². The Labute approximate surface area is 143 Å². The summed E-state index contributed by atoms with van der Waals surface area (Å²) in [5.74, 6) is 1.37. The lowest BCUT2D eigenvalue weighted by Crippen LogP contribution is -2.14. The molecule has 2 aromatic rings. The Balaban J connectivity index is 1.81. The maximum atomic E-state index is 11.1. The van der Waals surface area contributed by atoms with Gasteiger partial charge < -0.3 is 10.1 Å². The lowest BCUT2D eigenvalue weighted by atomic mass is 9.87. The largest absolute Gasteiger partial charge is 0.492 e. The van der Waals surface area contributed by atoms with Crippen LogP contribution in [0.5, 0.6) is 5.75 Å². The second-order valence-electron chi connectivity index (χ2n) is 6.47. The van der Waals surface area contributed by atoms with Crippen LogP contribution in [-0.4, -0.2) is 26.6 Å². The normalized spacial score (nSPS) is 12.0. The van der Waals surface area contributed by atoms with Gasteiger partial charge in [0, 0.05) is 6.20 Å². The highest BCUT2D eigenvalue weighted by atomic mass is 32.2. The molecule has 3 N–H and O–H groups in total. The number of aromatic nitrogens is 1. The third kappa shape index (κ3) is 5.21. The van der Waals surface area contributed by atoms with Crippen molar-refractivity contribution in [2.45, 2.75) is 31.1 Å². The van der Waals surface area contributed by atoms with Gasteiger partial charge in [0.1, 0.15) is 23.1 Å². The molecule has 0 atom stereocenters. The first kappa shape index (κ1) is 18.2. The first-order chi connectivity index (χ1) is 11.2. The minimum absolute atomic E-state index is 0.0109. The van der Waals surface area contributed by atoms with E-state index >= 15 is 0 Å². The van der Waals surface area contributed by atoms with Crippen LogP contribution in [0.4, 0.5) is 5.82 Å². The van der Waals surface area contributed by atoms with Crippen LogP contribution in [0.3, 0.4) is 0 Å². The summed E-state index contributed by atoms with van der Waals surface area (Å²) in [6, 6.07) is 11.0. The molecule has 0 aliphatic heterocycles. The van der Waals surface area contributed by atoms with Crippen molar-refractivity contribution in [3.05, 3.63) is 48.2 Å². The molecule has 6 nitrogen and oxygen atoms in total. The Morgan fingerprint density at radius 1 is 1.12 bits per heavy atom. The fourth-order valence-corrected chi connectivity index (χ4v) is 2.51. The number of primary sulfonamides is 1. The van der Waals surface area contributed by atoms with Crippen LogP contribution in [0.25, 0.3) is 0 Å². The van der Waals surface area contributed by atoms with Gasteiger partial charge in [-0.2, -0.15) is 0 Å². The van der Waals surface area contributed by atoms with Crippen LogP contribution in [0.1, 0.15) is 26.3 Å². The topological polar surface area (TPSA) is 94.3 Å². The molecule has 7 heteroatoms. The quantitative estimate of drug-likeness (QED) is 0.782. The van der Waals surface area contributed by atoms with E-state index in [0.29, 0.717) is 19.0 Å². The Morgan fingerprint density at radius 2 is 1.79 bits per heavy atom. The van der Waals surface area contributed by atoms with Gasteiger partial charge in [0.2, 0.25) is 10.0 Å². The van der Waals surface area contributed by atoms with Crippen LogP contribution in [0, 0.1) is 0 Å². The van der Waals surface area contributed by atoms with Gasteiger partial charge in [-0.3, -0.25) is 0 Å². The minimum atomic E-state index is -3.71. The van der Waals surface area contributed by atoms with Crippen LogP contribution in [-0.2, 0) is 15.4 Å². The molecule has 0 radical (unpaired) electrons. The number of sulfonamides is 1. The van der Waals surface area contributed by atoms with E-state index in [0.717, 1.165) is 5.75 Å². The summed E-state index contributed by atoms with van der Waals surface area (Å²) >= 11 is 0. The lowest BCUT2D eigenvalue weighted by molar-refractivity contribution is 0.332. The molecule has 0 saturated heterocycles. The number of rotatable bonds is 6. The maximum Gasteiger partial charge on any atom is 0.239 e. The van der Waals surface area contributed by atoms with Crippen LogP contribution >= 0.6 is 0 Å². The molecule has 0 aliphatic carbocycles. The van der Waals surface area contributed by atoms with Crippen molar-refractivity contribution in [2.75, 3.05) is 18.5 Å². The van der Waals surface area contributed by atoms with Crippen LogP contribution in [0.15, 0.2) is 47.5 Å². The summed E-state index contributed by atoms with van der Waals surface area (Å²) in [5.41, 5.74) is 1.38. The molecule has 0 spiro atoms. The second kappa shape index (κ2) is 7.19. The summed E-state index contributed by atoms with van der Waals surface area (Å²) in [6.07, 6.45) is 1.23. The molecule has 24 heavy (non-hydrogen) atoms. The summed E-state index contributed by atoms with van der Waals surface area (Å²) in [5, 5.41) is 8.08. The molecule has 0 aliphatic rings. The maximum absolute atomic E-state index is 11.1. The number of anilines is 1. The number of benzene rings is 1. The molecule has 0 fully saturated rings. The van der Waals surface area contributed by atoms with E-state index in [1.807, 2.05) is 12.1 Å². The molecule has 130 valence electrons. The zero-order valence-corrected chi connectivity index (χ0v) is 14.9. The second-order valence-corrected chi connectivity index (χ2v) is 8.04. The van der Waals surface area contributed by atoms with Crippen molar-refractivity contribution in [3.63, 3.8) is 0 Å². The minimum Gasteiger partial charge on any atom is -0.492 e. The van der Waals surface area contributed by atoms with E-state index < -0.39 is 10.0 Å². The Bertz CT molecular complexity index is 764. The molecule has 2 rings (SSSR count). The van der Waals surface area contributed by atoms with E-state index in [4.69, 9.17) is 9.88 Å². The van der Waals surface area contributed by atoms with Crippen LogP contribution < -0.4 is 15.2 Å². The Kier molecular flexibility index (Phi) is 5.46.